The van der Waals surface area contributed by atoms with Gasteiger partial charge in [-0.2, -0.15) is 0 Å². The monoisotopic (exact) mass is 367 g/mol. The minimum absolute atomic E-state index is 0.241. The molecule has 0 unspecified atom stereocenters. The highest BCUT2D eigenvalue weighted by atomic mass is 79.9. The zero-order valence-corrected chi connectivity index (χ0v) is 14.1. The lowest BCUT2D eigenvalue weighted by molar-refractivity contribution is 0.102. The molecule has 2 aromatic rings. The molecule has 2 aromatic heterocycles. The van der Waals surface area contributed by atoms with Crippen molar-refractivity contribution in [1.82, 2.24) is 9.97 Å². The lowest BCUT2D eigenvalue weighted by atomic mass is 10.1. The predicted molar refractivity (Wildman–Crippen MR) is 87.9 cm³/mol. The van der Waals surface area contributed by atoms with Crippen LogP contribution in [0.4, 0.5) is 5.82 Å². The van der Waals surface area contributed by atoms with E-state index in [1.54, 1.807) is 18.3 Å². The van der Waals surface area contributed by atoms with Crippen LogP contribution in [0.25, 0.3) is 0 Å². The molecule has 0 aliphatic heterocycles. The van der Waals surface area contributed by atoms with Crippen LogP contribution < -0.4 is 5.32 Å². The Balaban J connectivity index is 2.23. The molecule has 2 rings (SSSR count). The number of anilines is 1. The maximum atomic E-state index is 12.3. The van der Waals surface area contributed by atoms with Crippen LogP contribution in [-0.2, 0) is 6.42 Å². The van der Waals surface area contributed by atoms with E-state index in [4.69, 9.17) is 11.6 Å². The van der Waals surface area contributed by atoms with E-state index in [2.05, 4.69) is 38.1 Å². The van der Waals surface area contributed by atoms with Crippen LogP contribution in [-0.4, -0.2) is 15.9 Å². The minimum atomic E-state index is -0.241. The summed E-state index contributed by atoms with van der Waals surface area (Å²) < 4.78 is 0.871. The van der Waals surface area contributed by atoms with Crippen LogP contribution in [0, 0.1) is 6.92 Å². The largest absolute Gasteiger partial charge is 0.306 e. The third-order valence-corrected chi connectivity index (χ3v) is 3.52. The van der Waals surface area contributed by atoms with Crippen molar-refractivity contribution < 1.29 is 4.79 Å². The molecule has 21 heavy (non-hydrogen) atoms. The highest BCUT2D eigenvalue weighted by Gasteiger charge is 2.11. The first-order valence-electron chi connectivity index (χ1n) is 6.59. The van der Waals surface area contributed by atoms with Gasteiger partial charge in [0.1, 0.15) is 11.0 Å². The second-order valence-electron chi connectivity index (χ2n) is 4.69. The molecule has 0 bridgehead atoms. The third kappa shape index (κ3) is 4.25. The van der Waals surface area contributed by atoms with Gasteiger partial charge in [-0.3, -0.25) is 4.79 Å². The molecule has 1 N–H and O–H groups in total. The zero-order valence-electron chi connectivity index (χ0n) is 11.8. The highest BCUT2D eigenvalue weighted by Crippen LogP contribution is 2.18. The van der Waals surface area contributed by atoms with Crippen molar-refractivity contribution in [3.05, 3.63) is 50.8 Å². The number of pyridine rings is 2. The molecule has 0 aliphatic rings. The van der Waals surface area contributed by atoms with Crippen molar-refractivity contribution >= 4 is 39.3 Å². The quantitative estimate of drug-likeness (QED) is 0.813. The van der Waals surface area contributed by atoms with Crippen LogP contribution in [0.5, 0.6) is 0 Å². The first-order chi connectivity index (χ1) is 9.99. The Hall–Kier alpha value is -1.46. The van der Waals surface area contributed by atoms with E-state index in [0.29, 0.717) is 16.5 Å². The normalized spacial score (nSPS) is 10.5. The summed E-state index contributed by atoms with van der Waals surface area (Å²) in [7, 11) is 0. The van der Waals surface area contributed by atoms with Crippen LogP contribution in [0.3, 0.4) is 0 Å². The number of carbonyl (C=O) groups is 1. The number of hydrogen-bond donors (Lipinski definition) is 1. The summed E-state index contributed by atoms with van der Waals surface area (Å²) >= 11 is 9.31. The summed E-state index contributed by atoms with van der Waals surface area (Å²) in [5.74, 6) is 0.294. The lowest BCUT2D eigenvalue weighted by Crippen LogP contribution is -2.14. The Bertz CT molecular complexity index is 676. The summed E-state index contributed by atoms with van der Waals surface area (Å²) in [6, 6.07) is 5.22. The van der Waals surface area contributed by atoms with Crippen molar-refractivity contribution in [2.45, 2.75) is 26.7 Å². The molecular formula is C15H15BrClN3O. The van der Waals surface area contributed by atoms with Gasteiger partial charge >= 0.3 is 0 Å². The fourth-order valence-corrected chi connectivity index (χ4v) is 2.59. The summed E-state index contributed by atoms with van der Waals surface area (Å²) in [5, 5.41) is 3.12. The van der Waals surface area contributed by atoms with Gasteiger partial charge in [0.25, 0.3) is 5.91 Å². The van der Waals surface area contributed by atoms with Gasteiger partial charge in [0, 0.05) is 21.9 Å². The molecule has 4 nitrogen and oxygen atoms in total. The number of amides is 1. The van der Waals surface area contributed by atoms with Crippen LogP contribution >= 0.6 is 27.5 Å². The fourth-order valence-electron chi connectivity index (χ4n) is 1.92. The number of rotatable bonds is 4. The van der Waals surface area contributed by atoms with Crippen LogP contribution in [0.2, 0.25) is 5.15 Å². The summed E-state index contributed by atoms with van der Waals surface area (Å²) in [6.45, 7) is 3.94. The molecule has 0 saturated carbocycles. The van der Waals surface area contributed by atoms with E-state index in [1.165, 1.54) is 0 Å². The SMILES string of the molecule is CCCc1cc(C(=O)Nc2ncc(Br)cc2C)cc(Cl)n1. The summed E-state index contributed by atoms with van der Waals surface area (Å²) in [4.78, 5) is 20.7. The Morgan fingerprint density at radius 2 is 2.14 bits per heavy atom. The summed E-state index contributed by atoms with van der Waals surface area (Å²) in [5.41, 5.74) is 2.19. The van der Waals surface area contributed by atoms with Crippen molar-refractivity contribution in [2.75, 3.05) is 5.32 Å². The number of aromatic nitrogens is 2. The van der Waals surface area contributed by atoms with Crippen LogP contribution in [0.1, 0.15) is 35.0 Å². The van der Waals surface area contributed by atoms with Gasteiger partial charge in [-0.05, 0) is 53.0 Å². The average molecular weight is 369 g/mol. The van der Waals surface area contributed by atoms with E-state index in [-0.39, 0.29) is 5.91 Å². The van der Waals surface area contributed by atoms with Gasteiger partial charge in [-0.1, -0.05) is 24.9 Å². The Morgan fingerprint density at radius 1 is 1.38 bits per heavy atom. The van der Waals surface area contributed by atoms with Gasteiger partial charge in [-0.25, -0.2) is 9.97 Å². The van der Waals surface area contributed by atoms with Crippen molar-refractivity contribution in [3.63, 3.8) is 0 Å². The lowest BCUT2D eigenvalue weighted by Gasteiger charge is -2.09. The maximum absolute atomic E-state index is 12.3. The maximum Gasteiger partial charge on any atom is 0.256 e. The van der Waals surface area contributed by atoms with Crippen LogP contribution in [0.15, 0.2) is 28.9 Å². The van der Waals surface area contributed by atoms with Gasteiger partial charge in [0.2, 0.25) is 0 Å². The number of hydrogen-bond acceptors (Lipinski definition) is 3. The standard InChI is InChI=1S/C15H15BrClN3O/c1-3-4-12-6-10(7-13(17)19-12)15(21)20-14-9(2)5-11(16)8-18-14/h5-8H,3-4H2,1-2H3,(H,18,20,21). The first kappa shape index (κ1) is 15.9. The molecule has 0 aliphatic carbocycles. The molecule has 0 aromatic carbocycles. The molecule has 0 spiro atoms. The van der Waals surface area contributed by atoms with Crippen molar-refractivity contribution in [1.29, 1.82) is 0 Å². The Morgan fingerprint density at radius 3 is 2.81 bits per heavy atom. The molecule has 110 valence electrons. The molecule has 0 atom stereocenters. The van der Waals surface area contributed by atoms with E-state index in [0.717, 1.165) is 28.6 Å². The Labute approximate surface area is 137 Å². The molecule has 0 radical (unpaired) electrons. The molecule has 6 heteroatoms. The molecule has 2 heterocycles. The molecular weight excluding hydrogens is 354 g/mol. The second kappa shape index (κ2) is 7.00. The number of nitrogens with one attached hydrogen (secondary N) is 1. The Kier molecular flexibility index (Phi) is 5.31. The molecule has 0 saturated heterocycles. The number of aryl methyl sites for hydroxylation is 2. The van der Waals surface area contributed by atoms with E-state index >= 15 is 0 Å². The van der Waals surface area contributed by atoms with Gasteiger partial charge in [-0.15, -0.1) is 0 Å². The van der Waals surface area contributed by atoms with Crippen molar-refractivity contribution in [2.24, 2.45) is 0 Å². The van der Waals surface area contributed by atoms with E-state index in [9.17, 15) is 4.79 Å². The average Bonchev–Trinajstić information content (AvgIpc) is 2.41. The smallest absolute Gasteiger partial charge is 0.256 e. The van der Waals surface area contributed by atoms with E-state index < -0.39 is 0 Å². The number of nitrogens with zero attached hydrogens (tertiary/aromatic N) is 2. The predicted octanol–water partition coefficient (Wildman–Crippen LogP) is 4.41. The topological polar surface area (TPSA) is 54.9 Å². The van der Waals surface area contributed by atoms with Gasteiger partial charge in [0.05, 0.1) is 0 Å². The second-order valence-corrected chi connectivity index (χ2v) is 6.00. The highest BCUT2D eigenvalue weighted by molar-refractivity contribution is 9.10. The van der Waals surface area contributed by atoms with Crippen molar-refractivity contribution in [3.8, 4) is 0 Å². The first-order valence-corrected chi connectivity index (χ1v) is 7.76. The fraction of sp³-hybridized carbons (Fsp3) is 0.267. The van der Waals surface area contributed by atoms with Gasteiger partial charge < -0.3 is 5.32 Å². The van der Waals surface area contributed by atoms with E-state index in [1.807, 2.05) is 13.0 Å². The third-order valence-electron chi connectivity index (χ3n) is 2.89. The zero-order chi connectivity index (χ0) is 15.4. The molecule has 0 fully saturated rings. The van der Waals surface area contributed by atoms with Gasteiger partial charge in [0.15, 0.2) is 0 Å². The number of carbonyl (C=O) groups excluding carboxylic acids is 1. The summed E-state index contributed by atoms with van der Waals surface area (Å²) in [6.07, 6.45) is 3.38. The number of halogens is 2. The minimum Gasteiger partial charge on any atom is -0.306 e. The molecule has 1 amide bonds.